The lowest BCUT2D eigenvalue weighted by molar-refractivity contribution is -0.123. The summed E-state index contributed by atoms with van der Waals surface area (Å²) in [7, 11) is 0. The molecular formula is C25H44IN5O. The number of benzene rings is 1. The van der Waals surface area contributed by atoms with Crippen LogP contribution in [0.4, 0.5) is 0 Å². The first-order chi connectivity index (χ1) is 15.0. The van der Waals surface area contributed by atoms with Gasteiger partial charge in [-0.2, -0.15) is 0 Å². The Labute approximate surface area is 212 Å². The number of amides is 1. The number of carbonyl (C=O) groups excluding carboxylic acids is 1. The van der Waals surface area contributed by atoms with Crippen LogP contribution in [0.5, 0.6) is 0 Å². The third kappa shape index (κ3) is 11.0. The molecule has 0 bridgehead atoms. The second-order valence-corrected chi connectivity index (χ2v) is 8.91. The Morgan fingerprint density at radius 2 is 1.81 bits per heavy atom. The molecule has 4 N–H and O–H groups in total. The molecule has 0 aliphatic carbocycles. The van der Waals surface area contributed by atoms with Gasteiger partial charge in [-0.25, -0.2) is 0 Å². The molecule has 1 saturated heterocycles. The van der Waals surface area contributed by atoms with Crippen molar-refractivity contribution in [2.75, 3.05) is 39.3 Å². The van der Waals surface area contributed by atoms with Crippen LogP contribution < -0.4 is 16.4 Å². The standard InChI is InChI=1S/C25H43N5O.HI/c1-4-27-25(29-16-7-8-21-9-11-22(12-10-21)20(2)3)28-15-5-6-17-30-18-13-23(14-19-30)24(26)31;/h9-12,20,23H,4-8,13-19H2,1-3H3,(H2,26,31)(H2,27,28,29);1H. The summed E-state index contributed by atoms with van der Waals surface area (Å²) >= 11 is 0. The predicted molar refractivity (Wildman–Crippen MR) is 146 cm³/mol. The Morgan fingerprint density at radius 3 is 2.41 bits per heavy atom. The lowest BCUT2D eigenvalue weighted by Gasteiger charge is -2.30. The summed E-state index contributed by atoms with van der Waals surface area (Å²) in [6, 6.07) is 8.99. The molecule has 0 atom stereocenters. The number of aryl methyl sites for hydroxylation is 1. The molecule has 1 amide bonds. The molecule has 7 heteroatoms. The summed E-state index contributed by atoms with van der Waals surface area (Å²) in [6.45, 7) is 12.3. The lowest BCUT2D eigenvalue weighted by atomic mass is 9.96. The first-order valence-corrected chi connectivity index (χ1v) is 12.1. The zero-order chi connectivity index (χ0) is 22.5. The molecule has 1 aliphatic heterocycles. The van der Waals surface area contributed by atoms with Gasteiger partial charge in [0.2, 0.25) is 5.91 Å². The van der Waals surface area contributed by atoms with Gasteiger partial charge in [-0.1, -0.05) is 38.1 Å². The molecule has 2 rings (SSSR count). The highest BCUT2D eigenvalue weighted by atomic mass is 127. The van der Waals surface area contributed by atoms with Gasteiger partial charge in [-0.05, 0) is 82.1 Å². The highest BCUT2D eigenvalue weighted by molar-refractivity contribution is 14.0. The van der Waals surface area contributed by atoms with E-state index in [4.69, 9.17) is 10.7 Å². The van der Waals surface area contributed by atoms with E-state index < -0.39 is 0 Å². The first-order valence-electron chi connectivity index (χ1n) is 12.1. The fourth-order valence-electron chi connectivity index (χ4n) is 3.99. The van der Waals surface area contributed by atoms with Gasteiger partial charge in [0.05, 0.1) is 0 Å². The number of nitrogens with zero attached hydrogens (tertiary/aromatic N) is 2. The second kappa shape index (κ2) is 16.3. The van der Waals surface area contributed by atoms with Crippen molar-refractivity contribution < 1.29 is 4.79 Å². The van der Waals surface area contributed by atoms with Crippen LogP contribution in [-0.2, 0) is 11.2 Å². The van der Waals surface area contributed by atoms with Crippen LogP contribution >= 0.6 is 24.0 Å². The second-order valence-electron chi connectivity index (χ2n) is 8.91. The minimum Gasteiger partial charge on any atom is -0.369 e. The smallest absolute Gasteiger partial charge is 0.220 e. The molecule has 6 nitrogen and oxygen atoms in total. The fourth-order valence-corrected chi connectivity index (χ4v) is 3.99. The number of aliphatic imine (C=N–C) groups is 1. The maximum absolute atomic E-state index is 11.3. The SMILES string of the molecule is CCNC(=NCCCc1ccc(C(C)C)cc1)NCCCCN1CCC(C(N)=O)CC1.I. The Balaban J connectivity index is 0.00000512. The number of nitrogens with two attached hydrogens (primary N) is 1. The number of hydrogen-bond acceptors (Lipinski definition) is 3. The Morgan fingerprint density at radius 1 is 1.12 bits per heavy atom. The lowest BCUT2D eigenvalue weighted by Crippen LogP contribution is -2.39. The van der Waals surface area contributed by atoms with Gasteiger partial charge >= 0.3 is 0 Å². The monoisotopic (exact) mass is 557 g/mol. The number of rotatable bonds is 12. The minimum atomic E-state index is -0.136. The van der Waals surface area contributed by atoms with Crippen molar-refractivity contribution in [3.05, 3.63) is 35.4 Å². The van der Waals surface area contributed by atoms with E-state index in [0.29, 0.717) is 5.92 Å². The normalized spacial score (nSPS) is 15.4. The van der Waals surface area contributed by atoms with Crippen molar-refractivity contribution in [1.82, 2.24) is 15.5 Å². The highest BCUT2D eigenvalue weighted by Gasteiger charge is 2.22. The summed E-state index contributed by atoms with van der Waals surface area (Å²) < 4.78 is 0. The van der Waals surface area contributed by atoms with Crippen LogP contribution in [0.1, 0.15) is 69.9 Å². The van der Waals surface area contributed by atoms with Crippen molar-refractivity contribution in [3.63, 3.8) is 0 Å². The maximum Gasteiger partial charge on any atom is 0.220 e. The molecule has 0 saturated carbocycles. The quantitative estimate of drug-likeness (QED) is 0.158. The Bertz CT molecular complexity index is 669. The number of halogens is 1. The van der Waals surface area contributed by atoms with Gasteiger partial charge in [-0.3, -0.25) is 9.79 Å². The Kier molecular flexibility index (Phi) is 14.6. The molecule has 1 aromatic rings. The van der Waals surface area contributed by atoms with Crippen molar-refractivity contribution in [3.8, 4) is 0 Å². The number of guanidine groups is 1. The third-order valence-electron chi connectivity index (χ3n) is 6.07. The van der Waals surface area contributed by atoms with Gasteiger partial charge in [0.15, 0.2) is 5.96 Å². The van der Waals surface area contributed by atoms with Crippen LogP contribution in [-0.4, -0.2) is 56.0 Å². The molecular weight excluding hydrogens is 513 g/mol. The van der Waals surface area contributed by atoms with E-state index in [-0.39, 0.29) is 35.8 Å². The minimum absolute atomic E-state index is 0. The van der Waals surface area contributed by atoms with E-state index in [2.05, 4.69) is 60.6 Å². The fraction of sp³-hybridized carbons (Fsp3) is 0.680. The van der Waals surface area contributed by atoms with E-state index in [1.54, 1.807) is 0 Å². The molecule has 182 valence electrons. The largest absolute Gasteiger partial charge is 0.369 e. The molecule has 1 aliphatic rings. The van der Waals surface area contributed by atoms with E-state index in [9.17, 15) is 4.79 Å². The summed E-state index contributed by atoms with van der Waals surface area (Å²) in [5.74, 6) is 1.45. The van der Waals surface area contributed by atoms with Crippen molar-refractivity contribution >= 4 is 35.8 Å². The van der Waals surface area contributed by atoms with E-state index in [1.165, 1.54) is 11.1 Å². The third-order valence-corrected chi connectivity index (χ3v) is 6.07. The summed E-state index contributed by atoms with van der Waals surface area (Å²) in [6.07, 6.45) is 6.20. The van der Waals surface area contributed by atoms with E-state index >= 15 is 0 Å². The van der Waals surface area contributed by atoms with Gasteiger partial charge in [-0.15, -0.1) is 24.0 Å². The summed E-state index contributed by atoms with van der Waals surface area (Å²) in [5.41, 5.74) is 8.20. The average molecular weight is 558 g/mol. The molecule has 0 aromatic heterocycles. The van der Waals surface area contributed by atoms with Crippen LogP contribution in [0.3, 0.4) is 0 Å². The van der Waals surface area contributed by atoms with Crippen LogP contribution in [0.2, 0.25) is 0 Å². The highest BCUT2D eigenvalue weighted by Crippen LogP contribution is 2.17. The van der Waals surface area contributed by atoms with Crippen LogP contribution in [0, 0.1) is 5.92 Å². The molecule has 1 aromatic carbocycles. The number of unbranched alkanes of at least 4 members (excludes halogenated alkanes) is 1. The number of carbonyl (C=O) groups is 1. The first kappa shape index (κ1) is 28.7. The molecule has 32 heavy (non-hydrogen) atoms. The molecule has 0 radical (unpaired) electrons. The van der Waals surface area contributed by atoms with Crippen LogP contribution in [0.15, 0.2) is 29.3 Å². The number of piperidine rings is 1. The van der Waals surface area contributed by atoms with Crippen LogP contribution in [0.25, 0.3) is 0 Å². The number of hydrogen-bond donors (Lipinski definition) is 3. The van der Waals surface area contributed by atoms with Gasteiger partial charge in [0.1, 0.15) is 0 Å². The average Bonchev–Trinajstić information content (AvgIpc) is 2.77. The summed E-state index contributed by atoms with van der Waals surface area (Å²) in [4.78, 5) is 18.4. The molecule has 1 heterocycles. The Hall–Kier alpha value is -1.35. The number of nitrogens with one attached hydrogen (secondary N) is 2. The predicted octanol–water partition coefficient (Wildman–Crippen LogP) is 3.89. The van der Waals surface area contributed by atoms with Gasteiger partial charge in [0, 0.05) is 25.6 Å². The number of primary amides is 1. The van der Waals surface area contributed by atoms with Crippen molar-refractivity contribution in [2.45, 2.75) is 65.2 Å². The summed E-state index contributed by atoms with van der Waals surface area (Å²) in [5, 5.41) is 6.80. The van der Waals surface area contributed by atoms with Crippen molar-refractivity contribution in [1.29, 1.82) is 0 Å². The number of likely N-dealkylation sites (tertiary alicyclic amines) is 1. The molecule has 0 spiro atoms. The zero-order valence-corrected chi connectivity index (χ0v) is 22.6. The van der Waals surface area contributed by atoms with E-state index in [0.717, 1.165) is 83.8 Å². The molecule has 0 unspecified atom stereocenters. The molecule has 1 fully saturated rings. The van der Waals surface area contributed by atoms with Gasteiger partial charge < -0.3 is 21.3 Å². The van der Waals surface area contributed by atoms with E-state index in [1.807, 2.05) is 0 Å². The van der Waals surface area contributed by atoms with Crippen molar-refractivity contribution in [2.24, 2.45) is 16.6 Å². The topological polar surface area (TPSA) is 82.8 Å². The maximum atomic E-state index is 11.3. The zero-order valence-electron chi connectivity index (χ0n) is 20.2. The van der Waals surface area contributed by atoms with Gasteiger partial charge in [0.25, 0.3) is 0 Å².